The second kappa shape index (κ2) is 4.93. The van der Waals surface area contributed by atoms with E-state index in [9.17, 15) is 19.5 Å². The molecule has 1 aromatic carbocycles. The Morgan fingerprint density at radius 1 is 1.32 bits per heavy atom. The maximum absolute atomic E-state index is 12.0. The number of fused-ring (bicyclic) bond motifs is 1. The molecule has 19 heavy (non-hydrogen) atoms. The first-order valence-corrected chi connectivity index (χ1v) is 5.37. The third kappa shape index (κ3) is 2.33. The third-order valence-corrected chi connectivity index (χ3v) is 2.59. The topological polar surface area (TPSA) is 89.9 Å². The van der Waals surface area contributed by atoms with Crippen LogP contribution in [0.4, 0.5) is 0 Å². The molecule has 0 aliphatic heterocycles. The standard InChI is InChI=1S/C13H10O6/c1-18-11(16)6-19-10-5-9(15)12-7(13(10)17)3-2-4-8(12)14/h2-5,14H,6H2,1H3. The summed E-state index contributed by atoms with van der Waals surface area (Å²) in [7, 11) is 1.18. The molecule has 6 nitrogen and oxygen atoms in total. The van der Waals surface area contributed by atoms with Gasteiger partial charge in [-0.25, -0.2) is 4.79 Å². The number of esters is 1. The van der Waals surface area contributed by atoms with Crippen LogP contribution >= 0.6 is 0 Å². The molecule has 0 bridgehead atoms. The molecular weight excluding hydrogens is 252 g/mol. The highest BCUT2D eigenvalue weighted by Crippen LogP contribution is 2.28. The third-order valence-electron chi connectivity index (χ3n) is 2.59. The summed E-state index contributed by atoms with van der Waals surface area (Å²) in [6, 6.07) is 4.17. The van der Waals surface area contributed by atoms with Crippen LogP contribution in [0.3, 0.4) is 0 Å². The number of phenolic OH excluding ortho intramolecular Hbond substituents is 1. The summed E-state index contributed by atoms with van der Waals surface area (Å²) in [5.74, 6) is -2.28. The normalized spacial score (nSPS) is 13.6. The lowest BCUT2D eigenvalue weighted by Crippen LogP contribution is -2.21. The molecule has 98 valence electrons. The lowest BCUT2D eigenvalue weighted by atomic mass is 9.93. The summed E-state index contributed by atoms with van der Waals surface area (Å²) in [4.78, 5) is 34.7. The zero-order chi connectivity index (χ0) is 14.0. The van der Waals surface area contributed by atoms with E-state index in [1.807, 2.05) is 0 Å². The Kier molecular flexibility index (Phi) is 3.33. The first kappa shape index (κ1) is 12.8. The van der Waals surface area contributed by atoms with Gasteiger partial charge >= 0.3 is 5.97 Å². The van der Waals surface area contributed by atoms with E-state index in [4.69, 9.17) is 4.74 Å². The van der Waals surface area contributed by atoms with E-state index in [-0.39, 0.29) is 22.6 Å². The molecule has 0 radical (unpaired) electrons. The number of ether oxygens (including phenoxy) is 2. The van der Waals surface area contributed by atoms with Gasteiger partial charge in [0.25, 0.3) is 0 Å². The molecule has 1 aliphatic carbocycles. The highest BCUT2D eigenvalue weighted by Gasteiger charge is 2.29. The summed E-state index contributed by atoms with van der Waals surface area (Å²) in [5.41, 5.74) is -0.00900. The highest BCUT2D eigenvalue weighted by molar-refractivity contribution is 6.24. The summed E-state index contributed by atoms with van der Waals surface area (Å²) in [6.07, 6.45) is 0.952. The fourth-order valence-corrected chi connectivity index (χ4v) is 1.68. The number of carbonyl (C=O) groups is 3. The molecule has 6 heteroatoms. The molecule has 0 aromatic heterocycles. The number of methoxy groups -OCH3 is 1. The van der Waals surface area contributed by atoms with Crippen LogP contribution in [0, 0.1) is 0 Å². The molecular formula is C13H10O6. The summed E-state index contributed by atoms with van der Waals surface area (Å²) in [6.45, 7) is -0.463. The van der Waals surface area contributed by atoms with E-state index >= 15 is 0 Å². The molecule has 0 spiro atoms. The molecule has 0 heterocycles. The number of hydrogen-bond donors (Lipinski definition) is 1. The van der Waals surface area contributed by atoms with E-state index < -0.39 is 24.1 Å². The molecule has 0 saturated carbocycles. The van der Waals surface area contributed by atoms with Gasteiger partial charge in [-0.15, -0.1) is 0 Å². The van der Waals surface area contributed by atoms with Crippen molar-refractivity contribution in [3.63, 3.8) is 0 Å². The minimum absolute atomic E-state index is 0.0485. The number of phenols is 1. The largest absolute Gasteiger partial charge is 0.507 e. The van der Waals surface area contributed by atoms with Gasteiger partial charge in [-0.2, -0.15) is 0 Å². The molecule has 0 amide bonds. The molecule has 0 atom stereocenters. The van der Waals surface area contributed by atoms with Crippen LogP contribution in [-0.2, 0) is 14.3 Å². The lowest BCUT2D eigenvalue weighted by molar-refractivity contribution is -0.144. The lowest BCUT2D eigenvalue weighted by Gasteiger charge is -2.15. The van der Waals surface area contributed by atoms with E-state index in [0.717, 1.165) is 6.08 Å². The number of Topliss-reactive ketones (excluding diaryl/α,β-unsaturated/α-hetero) is 1. The van der Waals surface area contributed by atoms with Crippen LogP contribution < -0.4 is 0 Å². The summed E-state index contributed by atoms with van der Waals surface area (Å²) < 4.78 is 9.31. The van der Waals surface area contributed by atoms with Crippen molar-refractivity contribution in [1.29, 1.82) is 0 Å². The molecule has 0 saturated heterocycles. The van der Waals surface area contributed by atoms with E-state index in [1.165, 1.54) is 25.3 Å². The fourth-order valence-electron chi connectivity index (χ4n) is 1.68. The summed E-state index contributed by atoms with van der Waals surface area (Å²) >= 11 is 0. The Labute approximate surface area is 108 Å². The van der Waals surface area contributed by atoms with Crippen molar-refractivity contribution in [1.82, 2.24) is 0 Å². The Bertz CT molecular complexity index is 599. The number of benzene rings is 1. The number of rotatable bonds is 3. The maximum Gasteiger partial charge on any atom is 0.343 e. The van der Waals surface area contributed by atoms with Gasteiger partial charge in [-0.05, 0) is 12.1 Å². The van der Waals surface area contributed by atoms with Gasteiger partial charge in [-0.3, -0.25) is 9.59 Å². The first-order valence-electron chi connectivity index (χ1n) is 5.37. The Morgan fingerprint density at radius 2 is 2.05 bits per heavy atom. The van der Waals surface area contributed by atoms with Crippen LogP contribution in [0.2, 0.25) is 0 Å². The quantitative estimate of drug-likeness (QED) is 0.812. The number of carbonyl (C=O) groups excluding carboxylic acids is 3. The highest BCUT2D eigenvalue weighted by atomic mass is 16.6. The molecule has 1 aliphatic rings. The van der Waals surface area contributed by atoms with E-state index in [2.05, 4.69) is 4.74 Å². The number of aromatic hydroxyl groups is 1. The molecule has 1 N–H and O–H groups in total. The van der Waals surface area contributed by atoms with Gasteiger partial charge in [0.15, 0.2) is 18.1 Å². The van der Waals surface area contributed by atoms with Crippen molar-refractivity contribution in [2.24, 2.45) is 0 Å². The average Bonchev–Trinajstić information content (AvgIpc) is 2.40. The van der Waals surface area contributed by atoms with Crippen LogP contribution in [0.1, 0.15) is 20.7 Å². The minimum atomic E-state index is -0.664. The minimum Gasteiger partial charge on any atom is -0.507 e. The predicted octanol–water partition coefficient (Wildman–Crippen LogP) is 0.845. The van der Waals surface area contributed by atoms with Crippen LogP contribution in [0.25, 0.3) is 0 Å². The van der Waals surface area contributed by atoms with E-state index in [0.29, 0.717) is 0 Å². The summed E-state index contributed by atoms with van der Waals surface area (Å²) in [5, 5.41) is 9.57. The Hall–Kier alpha value is -2.63. The zero-order valence-electron chi connectivity index (χ0n) is 10.0. The van der Waals surface area contributed by atoms with Gasteiger partial charge in [0.05, 0.1) is 12.7 Å². The maximum atomic E-state index is 12.0. The van der Waals surface area contributed by atoms with Crippen LogP contribution in [-0.4, -0.2) is 36.4 Å². The van der Waals surface area contributed by atoms with Crippen molar-refractivity contribution < 1.29 is 29.0 Å². The smallest absolute Gasteiger partial charge is 0.343 e. The molecule has 2 rings (SSSR count). The molecule has 0 fully saturated rings. The van der Waals surface area contributed by atoms with Crippen molar-refractivity contribution in [2.75, 3.05) is 13.7 Å². The van der Waals surface area contributed by atoms with Crippen molar-refractivity contribution in [3.05, 3.63) is 41.2 Å². The average molecular weight is 262 g/mol. The second-order valence-electron chi connectivity index (χ2n) is 3.77. The number of ketones is 2. The van der Waals surface area contributed by atoms with Gasteiger partial charge in [0, 0.05) is 11.6 Å². The molecule has 0 unspecified atom stereocenters. The fraction of sp³-hybridized carbons (Fsp3) is 0.154. The van der Waals surface area contributed by atoms with Crippen molar-refractivity contribution in [2.45, 2.75) is 0 Å². The van der Waals surface area contributed by atoms with Gasteiger partial charge < -0.3 is 14.6 Å². The van der Waals surface area contributed by atoms with E-state index in [1.54, 1.807) is 0 Å². The van der Waals surface area contributed by atoms with Gasteiger partial charge in [0.1, 0.15) is 5.75 Å². The second-order valence-corrected chi connectivity index (χ2v) is 3.77. The Morgan fingerprint density at radius 3 is 2.74 bits per heavy atom. The Balaban J connectivity index is 2.30. The SMILES string of the molecule is COC(=O)COC1=CC(=O)c2c(O)cccc2C1=O. The van der Waals surface area contributed by atoms with Crippen LogP contribution in [0.15, 0.2) is 30.0 Å². The number of hydrogen-bond acceptors (Lipinski definition) is 6. The number of allylic oxidation sites excluding steroid dienone is 2. The predicted molar refractivity (Wildman–Crippen MR) is 62.8 cm³/mol. The van der Waals surface area contributed by atoms with Gasteiger partial charge in [-0.1, -0.05) is 6.07 Å². The zero-order valence-corrected chi connectivity index (χ0v) is 10.0. The monoisotopic (exact) mass is 262 g/mol. The van der Waals surface area contributed by atoms with Crippen molar-refractivity contribution >= 4 is 17.5 Å². The van der Waals surface area contributed by atoms with Crippen LogP contribution in [0.5, 0.6) is 5.75 Å². The molecule has 1 aromatic rings. The van der Waals surface area contributed by atoms with Crippen molar-refractivity contribution in [3.8, 4) is 5.75 Å². The first-order chi connectivity index (χ1) is 9.04. The van der Waals surface area contributed by atoms with Gasteiger partial charge in [0.2, 0.25) is 5.78 Å².